The molecule has 1 aliphatic rings. The second-order valence-corrected chi connectivity index (χ2v) is 9.11. The van der Waals surface area contributed by atoms with Gasteiger partial charge in [0.25, 0.3) is 5.91 Å². The van der Waals surface area contributed by atoms with E-state index in [-0.39, 0.29) is 30.2 Å². The third-order valence-electron chi connectivity index (χ3n) is 5.04. The molecule has 0 radical (unpaired) electrons. The molecule has 1 aliphatic heterocycles. The smallest absolute Gasteiger partial charge is 0.338 e. The Labute approximate surface area is 182 Å². The second-order valence-electron chi connectivity index (χ2n) is 7.20. The van der Waals surface area contributed by atoms with Gasteiger partial charge < -0.3 is 14.8 Å². The molecule has 3 rings (SSSR count). The van der Waals surface area contributed by atoms with Gasteiger partial charge in [-0.05, 0) is 56.2 Å². The molecule has 8 nitrogen and oxygen atoms in total. The Kier molecular flexibility index (Phi) is 7.09. The normalized spacial score (nSPS) is 14.8. The summed E-state index contributed by atoms with van der Waals surface area (Å²) >= 11 is 0. The van der Waals surface area contributed by atoms with Gasteiger partial charge in [0, 0.05) is 24.3 Å². The molecule has 0 saturated carbocycles. The first-order valence-electron chi connectivity index (χ1n) is 10.0. The average Bonchev–Trinajstić information content (AvgIpc) is 2.76. The van der Waals surface area contributed by atoms with Crippen molar-refractivity contribution in [1.82, 2.24) is 4.31 Å². The molecule has 31 heavy (non-hydrogen) atoms. The molecular formula is C22H26N2O6S. The number of nitrogens with one attached hydrogen (secondary N) is 1. The number of hydrogen-bond acceptors (Lipinski definition) is 6. The summed E-state index contributed by atoms with van der Waals surface area (Å²) in [6.45, 7) is 6.70. The van der Waals surface area contributed by atoms with Crippen LogP contribution in [0.2, 0.25) is 0 Å². The summed E-state index contributed by atoms with van der Waals surface area (Å²) in [4.78, 5) is 25.0. The second kappa shape index (κ2) is 9.59. The van der Waals surface area contributed by atoms with Gasteiger partial charge in [-0.2, -0.15) is 4.31 Å². The fraction of sp³-hybridized carbons (Fsp3) is 0.364. The van der Waals surface area contributed by atoms with Crippen molar-refractivity contribution in [3.63, 3.8) is 0 Å². The molecule has 9 heteroatoms. The van der Waals surface area contributed by atoms with Crippen LogP contribution in [-0.4, -0.2) is 57.5 Å². The number of esters is 1. The monoisotopic (exact) mass is 446 g/mol. The van der Waals surface area contributed by atoms with E-state index in [4.69, 9.17) is 9.47 Å². The van der Waals surface area contributed by atoms with E-state index in [2.05, 4.69) is 5.32 Å². The number of benzene rings is 2. The van der Waals surface area contributed by atoms with E-state index in [0.29, 0.717) is 30.0 Å². The lowest BCUT2D eigenvalue weighted by atomic mass is 10.1. The highest BCUT2D eigenvalue weighted by Gasteiger charge is 2.28. The van der Waals surface area contributed by atoms with Gasteiger partial charge in [0.2, 0.25) is 10.0 Å². The Bertz CT molecular complexity index is 1090. The molecule has 0 unspecified atom stereocenters. The number of morpholine rings is 1. The van der Waals surface area contributed by atoms with Crippen molar-refractivity contribution < 1.29 is 27.5 Å². The number of amides is 1. The molecule has 1 fully saturated rings. The molecular weight excluding hydrogens is 420 g/mol. The van der Waals surface area contributed by atoms with Crippen LogP contribution >= 0.6 is 0 Å². The summed E-state index contributed by atoms with van der Waals surface area (Å²) in [7, 11) is -3.74. The van der Waals surface area contributed by atoms with Crippen molar-refractivity contribution in [1.29, 1.82) is 0 Å². The maximum atomic E-state index is 13.1. The predicted molar refractivity (Wildman–Crippen MR) is 116 cm³/mol. The fourth-order valence-corrected chi connectivity index (χ4v) is 4.90. The van der Waals surface area contributed by atoms with E-state index in [1.807, 2.05) is 0 Å². The molecule has 2 aromatic rings. The minimum atomic E-state index is -3.74. The van der Waals surface area contributed by atoms with Gasteiger partial charge >= 0.3 is 5.97 Å². The highest BCUT2D eigenvalue weighted by molar-refractivity contribution is 7.89. The van der Waals surface area contributed by atoms with E-state index < -0.39 is 21.9 Å². The van der Waals surface area contributed by atoms with Crippen molar-refractivity contribution in [2.75, 3.05) is 38.2 Å². The minimum Gasteiger partial charge on any atom is -0.462 e. The molecule has 1 amide bonds. The molecule has 0 spiro atoms. The Morgan fingerprint density at radius 1 is 1.03 bits per heavy atom. The first-order chi connectivity index (χ1) is 14.7. The molecule has 0 aliphatic carbocycles. The molecule has 2 aromatic carbocycles. The SMILES string of the molecule is CCOC(=O)c1ccc(C)c(NC(=O)c2ccc(C)c(S(=O)(=O)N3CCOCC3)c2)c1. The zero-order chi connectivity index (χ0) is 22.6. The van der Waals surface area contributed by atoms with E-state index in [1.165, 1.54) is 10.4 Å². The zero-order valence-corrected chi connectivity index (χ0v) is 18.6. The lowest BCUT2D eigenvalue weighted by molar-refractivity contribution is 0.0526. The summed E-state index contributed by atoms with van der Waals surface area (Å²) in [5.74, 6) is -0.949. The van der Waals surface area contributed by atoms with E-state index in [9.17, 15) is 18.0 Å². The van der Waals surface area contributed by atoms with E-state index in [0.717, 1.165) is 5.56 Å². The van der Waals surface area contributed by atoms with E-state index in [1.54, 1.807) is 51.1 Å². The minimum absolute atomic E-state index is 0.0963. The molecule has 1 saturated heterocycles. The average molecular weight is 447 g/mol. The topological polar surface area (TPSA) is 102 Å². The first kappa shape index (κ1) is 22.9. The van der Waals surface area contributed by atoms with Crippen LogP contribution in [0.25, 0.3) is 0 Å². The molecule has 1 N–H and O–H groups in total. The molecule has 1 heterocycles. The van der Waals surface area contributed by atoms with Crippen LogP contribution in [0.4, 0.5) is 5.69 Å². The Hall–Kier alpha value is -2.75. The van der Waals surface area contributed by atoms with Crippen LogP contribution in [0.3, 0.4) is 0 Å². The summed E-state index contributed by atoms with van der Waals surface area (Å²) in [5, 5.41) is 2.77. The summed E-state index contributed by atoms with van der Waals surface area (Å²) < 4.78 is 37.7. The van der Waals surface area contributed by atoms with Crippen LogP contribution in [-0.2, 0) is 19.5 Å². The molecule has 0 bridgehead atoms. The number of rotatable bonds is 6. The number of carbonyl (C=O) groups excluding carboxylic acids is 2. The zero-order valence-electron chi connectivity index (χ0n) is 17.8. The largest absolute Gasteiger partial charge is 0.462 e. The van der Waals surface area contributed by atoms with Gasteiger partial charge in [-0.1, -0.05) is 12.1 Å². The lowest BCUT2D eigenvalue weighted by Crippen LogP contribution is -2.40. The van der Waals surface area contributed by atoms with Gasteiger partial charge in [-0.25, -0.2) is 13.2 Å². The van der Waals surface area contributed by atoms with Crippen molar-refractivity contribution in [3.05, 3.63) is 58.7 Å². The van der Waals surface area contributed by atoms with Gasteiger partial charge in [-0.3, -0.25) is 4.79 Å². The number of carbonyl (C=O) groups is 2. The lowest BCUT2D eigenvalue weighted by Gasteiger charge is -2.26. The Morgan fingerprint density at radius 2 is 1.68 bits per heavy atom. The van der Waals surface area contributed by atoms with Crippen LogP contribution in [0, 0.1) is 13.8 Å². The predicted octanol–water partition coefficient (Wildman–Crippen LogP) is 2.75. The Balaban J connectivity index is 1.87. The number of anilines is 1. The van der Waals surface area contributed by atoms with Crippen LogP contribution in [0.5, 0.6) is 0 Å². The van der Waals surface area contributed by atoms with Crippen molar-refractivity contribution in [2.24, 2.45) is 0 Å². The van der Waals surface area contributed by atoms with Gasteiger partial charge in [0.1, 0.15) is 0 Å². The molecule has 0 aromatic heterocycles. The number of hydrogen-bond donors (Lipinski definition) is 1. The standard InChI is InChI=1S/C22H26N2O6S/c1-4-30-22(26)18-8-5-15(2)19(13-18)23-21(25)17-7-6-16(3)20(14-17)31(27,28)24-9-11-29-12-10-24/h5-8,13-14H,4,9-12H2,1-3H3,(H,23,25). The van der Waals surface area contributed by atoms with Crippen LogP contribution in [0.1, 0.15) is 38.8 Å². The van der Waals surface area contributed by atoms with Crippen molar-refractivity contribution in [2.45, 2.75) is 25.7 Å². The van der Waals surface area contributed by atoms with Crippen LogP contribution in [0.15, 0.2) is 41.3 Å². The van der Waals surface area contributed by atoms with E-state index >= 15 is 0 Å². The quantitative estimate of drug-likeness (QED) is 0.685. The summed E-state index contributed by atoms with van der Waals surface area (Å²) in [6.07, 6.45) is 0. The van der Waals surface area contributed by atoms with Crippen molar-refractivity contribution >= 4 is 27.6 Å². The number of aryl methyl sites for hydroxylation is 2. The molecule has 0 atom stereocenters. The van der Waals surface area contributed by atoms with Gasteiger partial charge in [0.15, 0.2) is 0 Å². The first-order valence-corrected chi connectivity index (χ1v) is 11.5. The molecule has 166 valence electrons. The Morgan fingerprint density at radius 3 is 2.35 bits per heavy atom. The fourth-order valence-electron chi connectivity index (χ4n) is 3.24. The van der Waals surface area contributed by atoms with Crippen LogP contribution < -0.4 is 5.32 Å². The van der Waals surface area contributed by atoms with Gasteiger partial charge in [0.05, 0.1) is 30.3 Å². The third kappa shape index (κ3) is 5.12. The summed E-state index contributed by atoms with van der Waals surface area (Å²) in [5.41, 5.74) is 2.30. The number of ether oxygens (including phenoxy) is 2. The maximum Gasteiger partial charge on any atom is 0.338 e. The highest BCUT2D eigenvalue weighted by Crippen LogP contribution is 2.24. The van der Waals surface area contributed by atoms with Crippen molar-refractivity contribution in [3.8, 4) is 0 Å². The highest BCUT2D eigenvalue weighted by atomic mass is 32.2. The van der Waals surface area contributed by atoms with Gasteiger partial charge in [-0.15, -0.1) is 0 Å². The number of nitrogens with zero attached hydrogens (tertiary/aromatic N) is 1. The third-order valence-corrected chi connectivity index (χ3v) is 7.08. The summed E-state index contributed by atoms with van der Waals surface area (Å²) in [6, 6.07) is 9.47. The number of sulfonamides is 1. The maximum absolute atomic E-state index is 13.1.